The van der Waals surface area contributed by atoms with E-state index in [9.17, 15) is 19.1 Å². The van der Waals surface area contributed by atoms with Gasteiger partial charge in [-0.05, 0) is 66.1 Å². The number of carboxylic acid groups (broad SMARTS) is 1. The minimum atomic E-state index is -1.47. The van der Waals surface area contributed by atoms with E-state index in [0.29, 0.717) is 16.6 Å². The van der Waals surface area contributed by atoms with E-state index >= 15 is 0 Å². The summed E-state index contributed by atoms with van der Waals surface area (Å²) in [6, 6.07) is 8.04. The smallest absolute Gasteiger partial charge is 0.545 e. The standard InChI is InChI=1S/C21H19FN2O3.K/c1-11-15(13-4-5-14(10-23)18(22)8-13)6-7-24-19(11)16(12-2-3-12)9-17(20(24)25)21(26)27;/h4-9,12H,2-3,10,23H2,1H3,(H,26,27);/q;+1/p-1. The zero-order valence-corrected chi connectivity index (χ0v) is 18.9. The van der Waals surface area contributed by atoms with Crippen molar-refractivity contribution in [2.24, 2.45) is 5.73 Å². The Hall–Kier alpha value is -1.35. The van der Waals surface area contributed by atoms with Gasteiger partial charge in [0, 0.05) is 18.3 Å². The number of nitrogens with two attached hydrogens (primary N) is 1. The molecule has 0 bridgehead atoms. The zero-order chi connectivity index (χ0) is 19.3. The SMILES string of the molecule is Cc1c(-c2ccc(CN)c(F)c2)ccn2c(=O)c(C(=O)[O-])cc(C3CC3)c12.[K+]. The molecule has 1 saturated carbocycles. The summed E-state index contributed by atoms with van der Waals surface area (Å²) in [6.45, 7) is 1.99. The number of carboxylic acids is 1. The summed E-state index contributed by atoms with van der Waals surface area (Å²) in [5.41, 5.74) is 8.81. The molecule has 5 nitrogen and oxygen atoms in total. The number of hydrogen-bond donors (Lipinski definition) is 1. The molecule has 2 heterocycles. The number of rotatable bonds is 4. The Bertz CT molecular complexity index is 1150. The molecule has 0 radical (unpaired) electrons. The molecule has 0 atom stereocenters. The van der Waals surface area contributed by atoms with Crippen molar-refractivity contribution in [1.29, 1.82) is 0 Å². The van der Waals surface area contributed by atoms with Crippen molar-refractivity contribution < 1.29 is 65.7 Å². The van der Waals surface area contributed by atoms with Gasteiger partial charge in [0.05, 0.1) is 17.0 Å². The molecule has 1 aromatic carbocycles. The van der Waals surface area contributed by atoms with Gasteiger partial charge < -0.3 is 15.6 Å². The topological polar surface area (TPSA) is 87.6 Å². The molecule has 138 valence electrons. The molecule has 0 unspecified atom stereocenters. The van der Waals surface area contributed by atoms with Crippen molar-refractivity contribution in [3.8, 4) is 11.1 Å². The van der Waals surface area contributed by atoms with E-state index in [0.717, 1.165) is 29.5 Å². The number of benzene rings is 1. The number of nitrogens with zero attached hydrogens (tertiary/aromatic N) is 1. The minimum absolute atomic E-state index is 0. The van der Waals surface area contributed by atoms with Crippen molar-refractivity contribution in [2.45, 2.75) is 32.2 Å². The molecule has 7 heteroatoms. The quantitative estimate of drug-likeness (QED) is 0.572. The van der Waals surface area contributed by atoms with Crippen LogP contribution in [-0.2, 0) is 6.54 Å². The maximum atomic E-state index is 14.2. The van der Waals surface area contributed by atoms with Crippen molar-refractivity contribution in [3.05, 3.63) is 75.0 Å². The average molecular weight is 404 g/mol. The summed E-state index contributed by atoms with van der Waals surface area (Å²) in [7, 11) is 0. The summed E-state index contributed by atoms with van der Waals surface area (Å²) in [6.07, 6.45) is 3.45. The second-order valence-electron chi connectivity index (χ2n) is 6.96. The molecule has 0 aliphatic heterocycles. The van der Waals surface area contributed by atoms with Gasteiger partial charge in [0.25, 0.3) is 5.56 Å². The first-order valence-electron chi connectivity index (χ1n) is 8.81. The number of halogens is 1. The molecule has 3 aromatic rings. The Labute approximate surface area is 203 Å². The van der Waals surface area contributed by atoms with Crippen LogP contribution in [0.4, 0.5) is 4.39 Å². The van der Waals surface area contributed by atoms with Gasteiger partial charge in [0.15, 0.2) is 0 Å². The number of fused-ring (bicyclic) bond motifs is 1. The number of hydrogen-bond acceptors (Lipinski definition) is 4. The fourth-order valence-corrected chi connectivity index (χ4v) is 3.64. The van der Waals surface area contributed by atoms with E-state index in [1.54, 1.807) is 24.4 Å². The Kier molecular flexibility index (Phi) is 6.24. The average Bonchev–Trinajstić information content (AvgIpc) is 3.47. The van der Waals surface area contributed by atoms with E-state index in [1.165, 1.54) is 16.5 Å². The Morgan fingerprint density at radius 3 is 2.57 bits per heavy atom. The van der Waals surface area contributed by atoms with Crippen LogP contribution in [0.5, 0.6) is 0 Å². The second kappa shape index (κ2) is 8.18. The molecule has 0 spiro atoms. The van der Waals surface area contributed by atoms with Crippen LogP contribution in [0.3, 0.4) is 0 Å². The van der Waals surface area contributed by atoms with Crippen LogP contribution >= 0.6 is 0 Å². The minimum Gasteiger partial charge on any atom is -0.545 e. The number of aryl methyl sites for hydroxylation is 1. The van der Waals surface area contributed by atoms with Crippen molar-refractivity contribution >= 4 is 11.5 Å². The van der Waals surface area contributed by atoms with E-state index in [-0.39, 0.29) is 75.2 Å². The van der Waals surface area contributed by atoms with Crippen molar-refractivity contribution in [2.75, 3.05) is 0 Å². The molecule has 0 saturated heterocycles. The Morgan fingerprint density at radius 1 is 1.29 bits per heavy atom. The number of carbonyl (C=O) groups is 1. The first-order valence-corrected chi connectivity index (χ1v) is 8.81. The van der Waals surface area contributed by atoms with Gasteiger partial charge in [0.1, 0.15) is 5.82 Å². The molecule has 4 rings (SSSR count). The molecule has 2 N–H and O–H groups in total. The maximum Gasteiger partial charge on any atom is 1.00 e. The summed E-state index contributed by atoms with van der Waals surface area (Å²) < 4.78 is 15.6. The number of pyridine rings is 2. The van der Waals surface area contributed by atoms with Crippen LogP contribution in [0.15, 0.2) is 41.3 Å². The van der Waals surface area contributed by atoms with E-state index in [2.05, 4.69) is 0 Å². The van der Waals surface area contributed by atoms with Crippen LogP contribution < -0.4 is 67.8 Å². The predicted molar refractivity (Wildman–Crippen MR) is 98.0 cm³/mol. The Balaban J connectivity index is 0.00000225. The van der Waals surface area contributed by atoms with Gasteiger partial charge in [-0.3, -0.25) is 9.20 Å². The van der Waals surface area contributed by atoms with E-state index in [4.69, 9.17) is 5.73 Å². The van der Waals surface area contributed by atoms with Gasteiger partial charge in [-0.1, -0.05) is 12.1 Å². The molecular formula is C21H18FKN2O3. The maximum absolute atomic E-state index is 14.2. The fourth-order valence-electron chi connectivity index (χ4n) is 3.64. The second-order valence-corrected chi connectivity index (χ2v) is 6.96. The summed E-state index contributed by atoms with van der Waals surface area (Å²) >= 11 is 0. The van der Waals surface area contributed by atoms with Crippen molar-refractivity contribution in [3.63, 3.8) is 0 Å². The Morgan fingerprint density at radius 2 is 2.00 bits per heavy atom. The van der Waals surface area contributed by atoms with Crippen LogP contribution in [-0.4, -0.2) is 10.4 Å². The van der Waals surface area contributed by atoms with Gasteiger partial charge in [-0.2, -0.15) is 0 Å². The van der Waals surface area contributed by atoms with Crippen LogP contribution in [0.2, 0.25) is 0 Å². The van der Waals surface area contributed by atoms with Crippen molar-refractivity contribution in [1.82, 2.24) is 4.40 Å². The molecular weight excluding hydrogens is 386 g/mol. The van der Waals surface area contributed by atoms with Gasteiger partial charge in [0.2, 0.25) is 0 Å². The first-order chi connectivity index (χ1) is 12.9. The molecule has 1 fully saturated rings. The molecule has 1 aliphatic rings. The molecule has 28 heavy (non-hydrogen) atoms. The molecule has 0 amide bonds. The van der Waals surface area contributed by atoms with Gasteiger partial charge in [-0.25, -0.2) is 4.39 Å². The summed E-state index contributed by atoms with van der Waals surface area (Å²) in [5, 5.41) is 11.4. The largest absolute Gasteiger partial charge is 1.00 e. The monoisotopic (exact) mass is 404 g/mol. The first kappa shape index (κ1) is 21.4. The summed E-state index contributed by atoms with van der Waals surface area (Å²) in [4.78, 5) is 23.9. The summed E-state index contributed by atoms with van der Waals surface area (Å²) in [5.74, 6) is -1.62. The van der Waals surface area contributed by atoms with Gasteiger partial charge in [-0.15, -0.1) is 0 Å². The van der Waals surface area contributed by atoms with Crippen LogP contribution in [0, 0.1) is 12.7 Å². The third kappa shape index (κ3) is 3.63. The normalized spacial score (nSPS) is 13.4. The molecule has 1 aliphatic carbocycles. The van der Waals surface area contributed by atoms with Crippen LogP contribution in [0.25, 0.3) is 16.6 Å². The number of aromatic carboxylic acids is 1. The third-order valence-electron chi connectivity index (χ3n) is 5.23. The molecule has 2 aromatic heterocycles. The fraction of sp³-hybridized carbons (Fsp3) is 0.238. The van der Waals surface area contributed by atoms with E-state index in [1.807, 2.05) is 6.92 Å². The van der Waals surface area contributed by atoms with Crippen LogP contribution in [0.1, 0.15) is 45.8 Å². The van der Waals surface area contributed by atoms with E-state index < -0.39 is 11.5 Å². The third-order valence-corrected chi connectivity index (χ3v) is 5.23. The zero-order valence-electron chi connectivity index (χ0n) is 15.8. The number of aromatic nitrogens is 1. The number of carbonyl (C=O) groups excluding carboxylic acids is 1. The van der Waals surface area contributed by atoms with Gasteiger partial charge >= 0.3 is 51.4 Å². The predicted octanol–water partition coefficient (Wildman–Crippen LogP) is -0.882.